The molecule has 0 radical (unpaired) electrons. The van der Waals surface area contributed by atoms with Crippen molar-refractivity contribution in [2.45, 2.75) is 57.9 Å². The molecule has 1 aromatic carbocycles. The Morgan fingerprint density at radius 2 is 1.83 bits per heavy atom. The highest BCUT2D eigenvalue weighted by molar-refractivity contribution is 5.79. The highest BCUT2D eigenvalue weighted by Crippen LogP contribution is 2.50. The summed E-state index contributed by atoms with van der Waals surface area (Å²) in [5.41, 5.74) is 5.46. The van der Waals surface area contributed by atoms with Crippen LogP contribution in [0.25, 0.3) is 22.6 Å². The van der Waals surface area contributed by atoms with Crippen molar-refractivity contribution in [1.82, 2.24) is 14.5 Å². The second-order valence-corrected chi connectivity index (χ2v) is 9.23. The minimum atomic E-state index is 0.222. The van der Waals surface area contributed by atoms with Gasteiger partial charge in [-0.05, 0) is 75.3 Å². The van der Waals surface area contributed by atoms with Crippen molar-refractivity contribution >= 4 is 0 Å². The van der Waals surface area contributed by atoms with Crippen LogP contribution in [0.15, 0.2) is 36.4 Å². The van der Waals surface area contributed by atoms with Crippen LogP contribution in [-0.2, 0) is 12.0 Å². The van der Waals surface area contributed by atoms with Crippen LogP contribution in [0.5, 0.6) is 11.5 Å². The van der Waals surface area contributed by atoms with Crippen molar-refractivity contribution in [3.63, 3.8) is 0 Å². The highest BCUT2D eigenvalue weighted by atomic mass is 16.7. The second-order valence-electron chi connectivity index (χ2n) is 9.23. The van der Waals surface area contributed by atoms with Gasteiger partial charge in [-0.3, -0.25) is 4.98 Å². The molecule has 30 heavy (non-hydrogen) atoms. The summed E-state index contributed by atoms with van der Waals surface area (Å²) in [7, 11) is 0. The zero-order valence-corrected chi connectivity index (χ0v) is 17.6. The second kappa shape index (κ2) is 6.59. The standard InChI is InChI=1S/C25H27N3O2/c1-16-8-10-25(11-9-16)12-13-28-23(18-6-7-20-21(14-18)30-15-29-20)22(27-24(25)28)19-5-3-4-17(2)26-19/h3-7,14,16H,8-13,15H2,1-2H3/t16-,25+. The lowest BCUT2D eigenvalue weighted by atomic mass is 9.70. The molecule has 0 saturated heterocycles. The van der Waals surface area contributed by atoms with Crippen LogP contribution in [0, 0.1) is 12.8 Å². The molecule has 0 N–H and O–H groups in total. The van der Waals surface area contributed by atoms with Gasteiger partial charge in [0.2, 0.25) is 6.79 Å². The van der Waals surface area contributed by atoms with Crippen LogP contribution >= 0.6 is 0 Å². The quantitative estimate of drug-likeness (QED) is 0.569. The van der Waals surface area contributed by atoms with Crippen LogP contribution in [0.3, 0.4) is 0 Å². The number of rotatable bonds is 2. The van der Waals surface area contributed by atoms with Crippen LogP contribution in [0.1, 0.15) is 50.5 Å². The summed E-state index contributed by atoms with van der Waals surface area (Å²) < 4.78 is 13.7. The molecular formula is C25H27N3O2. The average Bonchev–Trinajstić information content (AvgIpc) is 3.45. The fraction of sp³-hybridized carbons (Fsp3) is 0.440. The number of ether oxygens (including phenoxy) is 2. The summed E-state index contributed by atoms with van der Waals surface area (Å²) in [5, 5.41) is 0. The third kappa shape index (κ3) is 2.68. The van der Waals surface area contributed by atoms with Crippen molar-refractivity contribution in [3.05, 3.63) is 47.9 Å². The predicted octanol–water partition coefficient (Wildman–Crippen LogP) is 5.50. The third-order valence-electron chi connectivity index (χ3n) is 7.26. The van der Waals surface area contributed by atoms with Gasteiger partial charge in [-0.2, -0.15) is 0 Å². The van der Waals surface area contributed by atoms with Gasteiger partial charge in [0.1, 0.15) is 11.5 Å². The van der Waals surface area contributed by atoms with E-state index in [4.69, 9.17) is 19.4 Å². The van der Waals surface area contributed by atoms with Gasteiger partial charge in [0.05, 0.1) is 11.4 Å². The van der Waals surface area contributed by atoms with E-state index in [2.05, 4.69) is 35.8 Å². The number of imidazole rings is 1. The minimum absolute atomic E-state index is 0.222. The van der Waals surface area contributed by atoms with Crippen LogP contribution in [0.4, 0.5) is 0 Å². The van der Waals surface area contributed by atoms with E-state index in [0.29, 0.717) is 0 Å². The van der Waals surface area contributed by atoms with Gasteiger partial charge in [0.15, 0.2) is 11.5 Å². The van der Waals surface area contributed by atoms with Crippen molar-refractivity contribution in [2.75, 3.05) is 6.79 Å². The van der Waals surface area contributed by atoms with Crippen LogP contribution in [-0.4, -0.2) is 21.3 Å². The third-order valence-corrected chi connectivity index (χ3v) is 7.26. The lowest BCUT2D eigenvalue weighted by molar-refractivity contribution is 0.174. The molecule has 0 amide bonds. The summed E-state index contributed by atoms with van der Waals surface area (Å²) in [6.45, 7) is 5.73. The summed E-state index contributed by atoms with van der Waals surface area (Å²) in [4.78, 5) is 10.1. The molecule has 154 valence electrons. The maximum atomic E-state index is 5.68. The molecule has 1 spiro atoms. The number of pyridine rings is 1. The van der Waals surface area contributed by atoms with E-state index in [1.807, 2.05) is 19.1 Å². The molecule has 0 bridgehead atoms. The Balaban J connectivity index is 1.54. The normalized spacial score (nSPS) is 24.4. The first kappa shape index (κ1) is 18.0. The molecular weight excluding hydrogens is 374 g/mol. The number of fused-ring (bicyclic) bond motifs is 3. The van der Waals surface area contributed by atoms with Crippen LogP contribution in [0.2, 0.25) is 0 Å². The van der Waals surface area contributed by atoms with Crippen molar-refractivity contribution in [2.24, 2.45) is 5.92 Å². The smallest absolute Gasteiger partial charge is 0.231 e. The summed E-state index contributed by atoms with van der Waals surface area (Å²) >= 11 is 0. The summed E-state index contributed by atoms with van der Waals surface area (Å²) in [6, 6.07) is 12.4. The van der Waals surface area contributed by atoms with Gasteiger partial charge < -0.3 is 14.0 Å². The van der Waals surface area contributed by atoms with E-state index in [-0.39, 0.29) is 12.2 Å². The fourth-order valence-electron chi connectivity index (χ4n) is 5.49. The maximum absolute atomic E-state index is 5.68. The number of nitrogens with zero attached hydrogens (tertiary/aromatic N) is 3. The molecule has 0 atom stereocenters. The molecule has 1 saturated carbocycles. The lowest BCUT2D eigenvalue weighted by Crippen LogP contribution is -2.29. The van der Waals surface area contributed by atoms with E-state index < -0.39 is 0 Å². The van der Waals surface area contributed by atoms with Gasteiger partial charge in [0.25, 0.3) is 0 Å². The summed E-state index contributed by atoms with van der Waals surface area (Å²) in [5.74, 6) is 3.71. The number of hydrogen-bond donors (Lipinski definition) is 0. The Morgan fingerprint density at radius 1 is 1.00 bits per heavy atom. The minimum Gasteiger partial charge on any atom is -0.454 e. The molecule has 2 aliphatic heterocycles. The van der Waals surface area contributed by atoms with Gasteiger partial charge >= 0.3 is 0 Å². The van der Waals surface area contributed by atoms with Gasteiger partial charge in [-0.25, -0.2) is 4.98 Å². The average molecular weight is 402 g/mol. The number of aryl methyl sites for hydroxylation is 1. The van der Waals surface area contributed by atoms with Gasteiger partial charge in [-0.1, -0.05) is 13.0 Å². The molecule has 5 heteroatoms. The van der Waals surface area contributed by atoms with Crippen molar-refractivity contribution < 1.29 is 9.47 Å². The molecule has 1 aliphatic carbocycles. The Morgan fingerprint density at radius 3 is 2.67 bits per heavy atom. The Kier molecular flexibility index (Phi) is 3.95. The summed E-state index contributed by atoms with van der Waals surface area (Å²) in [6.07, 6.45) is 6.27. The maximum Gasteiger partial charge on any atom is 0.231 e. The van der Waals surface area contributed by atoms with E-state index in [1.165, 1.54) is 37.9 Å². The molecule has 4 heterocycles. The van der Waals surface area contributed by atoms with E-state index >= 15 is 0 Å². The number of benzene rings is 1. The van der Waals surface area contributed by atoms with E-state index in [9.17, 15) is 0 Å². The van der Waals surface area contributed by atoms with E-state index in [0.717, 1.165) is 52.3 Å². The molecule has 2 aromatic heterocycles. The fourth-order valence-corrected chi connectivity index (χ4v) is 5.49. The van der Waals surface area contributed by atoms with Crippen molar-refractivity contribution in [3.8, 4) is 34.1 Å². The monoisotopic (exact) mass is 401 g/mol. The predicted molar refractivity (Wildman–Crippen MR) is 116 cm³/mol. The SMILES string of the molecule is Cc1cccc(-c2nc3n(c2-c2ccc4c(c2)OCO4)CC[C@]32CC[C@H](C)CC2)n1. The molecule has 3 aromatic rings. The molecule has 0 unspecified atom stereocenters. The van der Waals surface area contributed by atoms with Crippen LogP contribution < -0.4 is 9.47 Å². The van der Waals surface area contributed by atoms with Gasteiger partial charge in [-0.15, -0.1) is 0 Å². The Labute approximate surface area is 177 Å². The Bertz CT molecular complexity index is 1130. The molecule has 3 aliphatic rings. The zero-order chi connectivity index (χ0) is 20.3. The molecule has 6 rings (SSSR count). The topological polar surface area (TPSA) is 49.2 Å². The van der Waals surface area contributed by atoms with Gasteiger partial charge in [0, 0.05) is 23.2 Å². The molecule has 5 nitrogen and oxygen atoms in total. The number of aromatic nitrogens is 3. The first-order valence-corrected chi connectivity index (χ1v) is 11.1. The zero-order valence-electron chi connectivity index (χ0n) is 17.6. The largest absolute Gasteiger partial charge is 0.454 e. The van der Waals surface area contributed by atoms with E-state index in [1.54, 1.807) is 0 Å². The Hall–Kier alpha value is -2.82. The first-order chi connectivity index (χ1) is 14.6. The van der Waals surface area contributed by atoms with Crippen molar-refractivity contribution in [1.29, 1.82) is 0 Å². The first-order valence-electron chi connectivity index (χ1n) is 11.1. The lowest BCUT2D eigenvalue weighted by Gasteiger charge is -2.34. The number of hydrogen-bond acceptors (Lipinski definition) is 4. The molecule has 1 fully saturated rings. The highest BCUT2D eigenvalue weighted by Gasteiger charge is 2.45.